The minimum atomic E-state index is 0.687. The Labute approximate surface area is 111 Å². The molecular formula is C16H26N2. The molecule has 1 aromatic rings. The van der Waals surface area contributed by atoms with Crippen molar-refractivity contribution in [3.8, 4) is 0 Å². The summed E-state index contributed by atoms with van der Waals surface area (Å²) in [7, 11) is 0. The van der Waals surface area contributed by atoms with Gasteiger partial charge >= 0.3 is 0 Å². The summed E-state index contributed by atoms with van der Waals surface area (Å²) in [6, 6.07) is 9.57. The van der Waals surface area contributed by atoms with Crippen molar-refractivity contribution in [2.45, 2.75) is 58.0 Å². The molecule has 0 spiro atoms. The van der Waals surface area contributed by atoms with Crippen molar-refractivity contribution in [1.29, 1.82) is 0 Å². The van der Waals surface area contributed by atoms with Crippen molar-refractivity contribution in [3.63, 3.8) is 0 Å². The third-order valence-electron chi connectivity index (χ3n) is 3.76. The summed E-state index contributed by atoms with van der Waals surface area (Å²) in [5.41, 5.74) is 2.64. The van der Waals surface area contributed by atoms with Crippen molar-refractivity contribution < 1.29 is 0 Å². The molecule has 1 saturated carbocycles. The van der Waals surface area contributed by atoms with Crippen molar-refractivity contribution in [1.82, 2.24) is 5.32 Å². The number of nitrogens with one attached hydrogen (secondary N) is 2. The number of hydrogen-bond donors (Lipinski definition) is 2. The number of rotatable bonds is 5. The van der Waals surface area contributed by atoms with Crippen molar-refractivity contribution in [3.05, 3.63) is 29.8 Å². The van der Waals surface area contributed by atoms with E-state index in [2.05, 4.69) is 41.8 Å². The Morgan fingerprint density at radius 2 is 1.67 bits per heavy atom. The summed E-state index contributed by atoms with van der Waals surface area (Å²) in [4.78, 5) is 0. The Morgan fingerprint density at radius 3 is 2.28 bits per heavy atom. The third-order valence-corrected chi connectivity index (χ3v) is 3.76. The van der Waals surface area contributed by atoms with Crippen LogP contribution in [0, 0.1) is 0 Å². The summed E-state index contributed by atoms with van der Waals surface area (Å²) >= 11 is 0. The van der Waals surface area contributed by atoms with Crippen LogP contribution >= 0.6 is 0 Å². The minimum Gasteiger partial charge on any atom is -0.382 e. The van der Waals surface area contributed by atoms with E-state index in [4.69, 9.17) is 0 Å². The van der Waals surface area contributed by atoms with Crippen LogP contribution in [0.3, 0.4) is 0 Å². The van der Waals surface area contributed by atoms with Gasteiger partial charge in [-0.3, -0.25) is 0 Å². The SMILES string of the molecule is CCNCc1ccc(NC2CCCCCC2)cc1. The Kier molecular flexibility index (Phi) is 5.53. The molecule has 0 radical (unpaired) electrons. The first kappa shape index (κ1) is 13.4. The van der Waals surface area contributed by atoms with Crippen molar-refractivity contribution in [2.75, 3.05) is 11.9 Å². The summed E-state index contributed by atoms with van der Waals surface area (Å²) < 4.78 is 0. The van der Waals surface area contributed by atoms with Gasteiger partial charge in [0.15, 0.2) is 0 Å². The predicted molar refractivity (Wildman–Crippen MR) is 78.9 cm³/mol. The average Bonchev–Trinajstić information content (AvgIpc) is 2.67. The quantitative estimate of drug-likeness (QED) is 0.769. The van der Waals surface area contributed by atoms with E-state index >= 15 is 0 Å². The summed E-state index contributed by atoms with van der Waals surface area (Å²) in [6.07, 6.45) is 8.27. The Hall–Kier alpha value is -1.02. The summed E-state index contributed by atoms with van der Waals surface area (Å²) in [5, 5.41) is 7.04. The molecule has 0 bridgehead atoms. The third kappa shape index (κ3) is 4.34. The fourth-order valence-electron chi connectivity index (χ4n) is 2.65. The Balaban J connectivity index is 1.84. The second-order valence-corrected chi connectivity index (χ2v) is 5.31. The summed E-state index contributed by atoms with van der Waals surface area (Å²) in [5.74, 6) is 0. The van der Waals surface area contributed by atoms with Crippen LogP contribution in [0.5, 0.6) is 0 Å². The highest BCUT2D eigenvalue weighted by atomic mass is 14.9. The van der Waals surface area contributed by atoms with Crippen molar-refractivity contribution in [2.24, 2.45) is 0 Å². The lowest BCUT2D eigenvalue weighted by atomic mass is 10.1. The molecule has 0 aliphatic heterocycles. The molecule has 2 nitrogen and oxygen atoms in total. The van der Waals surface area contributed by atoms with E-state index in [1.807, 2.05) is 0 Å². The largest absolute Gasteiger partial charge is 0.382 e. The van der Waals surface area contributed by atoms with E-state index in [0.717, 1.165) is 13.1 Å². The summed E-state index contributed by atoms with van der Waals surface area (Å²) in [6.45, 7) is 4.14. The van der Waals surface area contributed by atoms with E-state index in [1.165, 1.54) is 49.8 Å². The highest BCUT2D eigenvalue weighted by Gasteiger charge is 2.11. The van der Waals surface area contributed by atoms with Gasteiger partial charge < -0.3 is 10.6 Å². The maximum atomic E-state index is 3.68. The molecule has 1 aliphatic carbocycles. The topological polar surface area (TPSA) is 24.1 Å². The lowest BCUT2D eigenvalue weighted by Gasteiger charge is -2.17. The van der Waals surface area contributed by atoms with Crippen LogP contribution in [-0.2, 0) is 6.54 Å². The molecule has 2 N–H and O–H groups in total. The van der Waals surface area contributed by atoms with Gasteiger partial charge in [0.25, 0.3) is 0 Å². The first-order valence-corrected chi connectivity index (χ1v) is 7.44. The first-order chi connectivity index (χ1) is 8.88. The number of benzene rings is 1. The van der Waals surface area contributed by atoms with Gasteiger partial charge in [0.2, 0.25) is 0 Å². The molecule has 2 heteroatoms. The molecule has 18 heavy (non-hydrogen) atoms. The highest BCUT2D eigenvalue weighted by molar-refractivity contribution is 5.45. The molecule has 0 atom stereocenters. The van der Waals surface area contributed by atoms with Gasteiger partial charge in [-0.1, -0.05) is 44.7 Å². The van der Waals surface area contributed by atoms with Gasteiger partial charge in [0.1, 0.15) is 0 Å². The van der Waals surface area contributed by atoms with E-state index in [9.17, 15) is 0 Å². The molecule has 0 amide bonds. The standard InChI is InChI=1S/C16H26N2/c1-2-17-13-14-9-11-16(12-10-14)18-15-7-5-3-4-6-8-15/h9-12,15,17-18H,2-8,13H2,1H3. The van der Waals surface area contributed by atoms with Crippen LogP contribution in [0.1, 0.15) is 51.0 Å². The first-order valence-electron chi connectivity index (χ1n) is 7.44. The maximum absolute atomic E-state index is 3.68. The fraction of sp³-hybridized carbons (Fsp3) is 0.625. The highest BCUT2D eigenvalue weighted by Crippen LogP contribution is 2.21. The maximum Gasteiger partial charge on any atom is 0.0342 e. The lowest BCUT2D eigenvalue weighted by molar-refractivity contribution is 0.620. The molecule has 1 aliphatic rings. The van der Waals surface area contributed by atoms with Crippen LogP contribution in [-0.4, -0.2) is 12.6 Å². The van der Waals surface area contributed by atoms with Gasteiger partial charge in [0, 0.05) is 18.3 Å². The molecular weight excluding hydrogens is 220 g/mol. The molecule has 2 rings (SSSR count). The molecule has 1 fully saturated rings. The van der Waals surface area contributed by atoms with E-state index < -0.39 is 0 Å². The van der Waals surface area contributed by atoms with Gasteiger partial charge in [-0.05, 0) is 37.1 Å². The van der Waals surface area contributed by atoms with Gasteiger partial charge in [-0.15, -0.1) is 0 Å². The van der Waals surface area contributed by atoms with Crippen LogP contribution in [0.4, 0.5) is 5.69 Å². The second-order valence-electron chi connectivity index (χ2n) is 5.31. The van der Waals surface area contributed by atoms with E-state index in [1.54, 1.807) is 0 Å². The zero-order valence-electron chi connectivity index (χ0n) is 11.5. The van der Waals surface area contributed by atoms with Crippen LogP contribution < -0.4 is 10.6 Å². The number of hydrogen-bond acceptors (Lipinski definition) is 2. The minimum absolute atomic E-state index is 0.687. The fourth-order valence-corrected chi connectivity index (χ4v) is 2.65. The molecule has 0 unspecified atom stereocenters. The van der Waals surface area contributed by atoms with Gasteiger partial charge in [-0.25, -0.2) is 0 Å². The molecule has 100 valence electrons. The average molecular weight is 246 g/mol. The smallest absolute Gasteiger partial charge is 0.0342 e. The van der Waals surface area contributed by atoms with E-state index in [0.29, 0.717) is 6.04 Å². The van der Waals surface area contributed by atoms with Crippen molar-refractivity contribution >= 4 is 5.69 Å². The lowest BCUT2D eigenvalue weighted by Crippen LogP contribution is -2.18. The molecule has 1 aromatic carbocycles. The van der Waals surface area contributed by atoms with Gasteiger partial charge in [-0.2, -0.15) is 0 Å². The number of anilines is 1. The van der Waals surface area contributed by atoms with Crippen LogP contribution in [0.2, 0.25) is 0 Å². The van der Waals surface area contributed by atoms with Crippen LogP contribution in [0.25, 0.3) is 0 Å². The zero-order chi connectivity index (χ0) is 12.6. The second kappa shape index (κ2) is 7.42. The Morgan fingerprint density at radius 1 is 1.00 bits per heavy atom. The Bertz CT molecular complexity index is 323. The molecule has 0 aromatic heterocycles. The normalized spacial score (nSPS) is 17.4. The van der Waals surface area contributed by atoms with Gasteiger partial charge in [0.05, 0.1) is 0 Å². The predicted octanol–water partition coefficient (Wildman–Crippen LogP) is 3.93. The van der Waals surface area contributed by atoms with E-state index in [-0.39, 0.29) is 0 Å². The zero-order valence-corrected chi connectivity index (χ0v) is 11.5. The molecule has 0 saturated heterocycles. The molecule has 0 heterocycles. The monoisotopic (exact) mass is 246 g/mol. The van der Waals surface area contributed by atoms with Crippen LogP contribution in [0.15, 0.2) is 24.3 Å².